The molecule has 0 aromatic heterocycles. The molecule has 2 heteroatoms. The molecule has 0 saturated heterocycles. The molecule has 1 nitrogen and oxygen atoms in total. The maximum absolute atomic E-state index is 4.23. The van der Waals surface area contributed by atoms with Crippen LogP contribution in [0.1, 0.15) is 31.2 Å². The Morgan fingerprint density at radius 1 is 1.12 bits per heavy atom. The fourth-order valence-electron chi connectivity index (χ4n) is 2.32. The van der Waals surface area contributed by atoms with E-state index in [1.807, 2.05) is 0 Å². The van der Waals surface area contributed by atoms with Crippen LogP contribution in [0, 0.1) is 12.8 Å². The molecule has 1 unspecified atom stereocenters. The molecule has 0 bridgehead atoms. The molecule has 1 aliphatic rings. The Kier molecular flexibility index (Phi) is 6.80. The van der Waals surface area contributed by atoms with Crippen molar-refractivity contribution < 1.29 is 32.7 Å². The first-order chi connectivity index (χ1) is 7.36. The number of nitrogens with one attached hydrogen (secondary N) is 1. The Labute approximate surface area is 124 Å². The summed E-state index contributed by atoms with van der Waals surface area (Å²) >= 11 is 0. The van der Waals surface area contributed by atoms with E-state index in [9.17, 15) is 0 Å². The van der Waals surface area contributed by atoms with Gasteiger partial charge in [-0.1, -0.05) is 49.6 Å². The van der Waals surface area contributed by atoms with Gasteiger partial charge in [0, 0.05) is 39.3 Å². The standard InChI is InChI=1S/C14H20N.Y/c1-12-7-5-6-10-14(12)15-11-13-8-3-2-4-9-13;/h2-4,8-9,12,14-15H,1,5-7,10-11H2;/q-1;/t12?,14-;/m0./s1. The van der Waals surface area contributed by atoms with Crippen LogP contribution in [-0.2, 0) is 39.3 Å². The summed E-state index contributed by atoms with van der Waals surface area (Å²) in [5.74, 6) is 0.600. The Morgan fingerprint density at radius 2 is 1.81 bits per heavy atom. The summed E-state index contributed by atoms with van der Waals surface area (Å²) in [6, 6.07) is 11.2. The zero-order valence-corrected chi connectivity index (χ0v) is 12.7. The third kappa shape index (κ3) is 4.27. The molecule has 2 atom stereocenters. The third-order valence-corrected chi connectivity index (χ3v) is 3.32. The minimum Gasteiger partial charge on any atom is -0.339 e. The maximum Gasteiger partial charge on any atom is 0.0207 e. The molecule has 1 saturated carbocycles. The van der Waals surface area contributed by atoms with E-state index in [4.69, 9.17) is 0 Å². The van der Waals surface area contributed by atoms with Gasteiger partial charge in [-0.3, -0.25) is 0 Å². The smallest absolute Gasteiger partial charge is 0.0207 e. The van der Waals surface area contributed by atoms with Crippen molar-refractivity contribution in [2.75, 3.05) is 0 Å². The average molecular weight is 291 g/mol. The minimum absolute atomic E-state index is 0. The molecule has 85 valence electrons. The number of rotatable bonds is 3. The Hall–Kier alpha value is 0.284. The largest absolute Gasteiger partial charge is 0.339 e. The summed E-state index contributed by atoms with van der Waals surface area (Å²) in [6.07, 6.45) is 5.30. The molecule has 1 fully saturated rings. The van der Waals surface area contributed by atoms with Crippen molar-refractivity contribution in [1.82, 2.24) is 5.32 Å². The fraction of sp³-hybridized carbons (Fsp3) is 0.500. The summed E-state index contributed by atoms with van der Waals surface area (Å²) in [4.78, 5) is 0. The summed E-state index contributed by atoms with van der Waals surface area (Å²) in [5.41, 5.74) is 1.37. The summed E-state index contributed by atoms with van der Waals surface area (Å²) in [7, 11) is 0. The van der Waals surface area contributed by atoms with Crippen molar-refractivity contribution in [3.63, 3.8) is 0 Å². The zero-order valence-electron chi connectivity index (χ0n) is 9.86. The molecule has 0 aliphatic heterocycles. The maximum atomic E-state index is 4.23. The third-order valence-electron chi connectivity index (χ3n) is 3.32. The van der Waals surface area contributed by atoms with Crippen LogP contribution in [0.4, 0.5) is 0 Å². The number of hydrogen-bond donors (Lipinski definition) is 1. The van der Waals surface area contributed by atoms with E-state index < -0.39 is 0 Å². The molecule has 1 aromatic rings. The van der Waals surface area contributed by atoms with Crippen molar-refractivity contribution in [1.29, 1.82) is 0 Å². The van der Waals surface area contributed by atoms with E-state index in [1.54, 1.807) is 0 Å². The van der Waals surface area contributed by atoms with Crippen molar-refractivity contribution in [2.45, 2.75) is 38.3 Å². The van der Waals surface area contributed by atoms with Crippen LogP contribution in [0.25, 0.3) is 0 Å². The predicted octanol–water partition coefficient (Wildman–Crippen LogP) is 3.17. The molecule has 0 spiro atoms. The van der Waals surface area contributed by atoms with Crippen molar-refractivity contribution in [3.8, 4) is 0 Å². The van der Waals surface area contributed by atoms with Crippen LogP contribution in [0.3, 0.4) is 0 Å². The quantitative estimate of drug-likeness (QED) is 0.844. The summed E-state index contributed by atoms with van der Waals surface area (Å²) < 4.78 is 0. The predicted molar refractivity (Wildman–Crippen MR) is 64.4 cm³/mol. The van der Waals surface area contributed by atoms with E-state index in [1.165, 1.54) is 31.2 Å². The Bertz CT molecular complexity index is 286. The molecule has 0 heterocycles. The Balaban J connectivity index is 0.00000128. The van der Waals surface area contributed by atoms with E-state index in [0.29, 0.717) is 12.0 Å². The van der Waals surface area contributed by atoms with Gasteiger partial charge in [0.05, 0.1) is 0 Å². The second-order valence-electron chi connectivity index (χ2n) is 4.52. The molecule has 2 rings (SSSR count). The van der Waals surface area contributed by atoms with Gasteiger partial charge in [-0.25, -0.2) is 0 Å². The van der Waals surface area contributed by atoms with Gasteiger partial charge < -0.3 is 12.2 Å². The van der Waals surface area contributed by atoms with Crippen molar-refractivity contribution in [3.05, 3.63) is 42.8 Å². The van der Waals surface area contributed by atoms with Crippen LogP contribution in [0.5, 0.6) is 0 Å². The van der Waals surface area contributed by atoms with E-state index >= 15 is 0 Å². The van der Waals surface area contributed by atoms with Gasteiger partial charge in [0.25, 0.3) is 0 Å². The zero-order chi connectivity index (χ0) is 10.5. The Morgan fingerprint density at radius 3 is 2.50 bits per heavy atom. The van der Waals surface area contributed by atoms with Crippen LogP contribution in [-0.4, -0.2) is 6.04 Å². The molecule has 1 N–H and O–H groups in total. The van der Waals surface area contributed by atoms with Gasteiger partial charge in [0.1, 0.15) is 0 Å². The molecule has 1 aliphatic carbocycles. The van der Waals surface area contributed by atoms with Crippen LogP contribution < -0.4 is 5.32 Å². The van der Waals surface area contributed by atoms with Crippen molar-refractivity contribution in [2.24, 2.45) is 5.92 Å². The summed E-state index contributed by atoms with van der Waals surface area (Å²) in [5, 5.41) is 3.63. The normalized spacial score (nSPS) is 24.8. The topological polar surface area (TPSA) is 12.0 Å². The molecule has 16 heavy (non-hydrogen) atoms. The molecular weight excluding hydrogens is 271 g/mol. The number of hydrogen-bond acceptors (Lipinski definition) is 1. The molecular formula is C14H20NY-. The summed E-state index contributed by atoms with van der Waals surface area (Å²) in [6.45, 7) is 5.21. The van der Waals surface area contributed by atoms with Gasteiger partial charge in [-0.05, 0) is 18.0 Å². The minimum atomic E-state index is 0. The monoisotopic (exact) mass is 291 g/mol. The van der Waals surface area contributed by atoms with E-state index in [0.717, 1.165) is 6.54 Å². The van der Waals surface area contributed by atoms with Gasteiger partial charge in [0.2, 0.25) is 0 Å². The second kappa shape index (κ2) is 7.58. The van der Waals surface area contributed by atoms with Gasteiger partial charge in [0.15, 0.2) is 0 Å². The molecule has 1 aromatic carbocycles. The number of benzene rings is 1. The fourth-order valence-corrected chi connectivity index (χ4v) is 2.32. The first kappa shape index (κ1) is 14.3. The van der Waals surface area contributed by atoms with Gasteiger partial charge >= 0.3 is 0 Å². The SMILES string of the molecule is [CH2-]C1CCCC[C@@H]1NCc1ccccc1.[Y]. The van der Waals surface area contributed by atoms with Crippen LogP contribution in [0.15, 0.2) is 30.3 Å². The average Bonchev–Trinajstić information content (AvgIpc) is 2.29. The van der Waals surface area contributed by atoms with Gasteiger partial charge in [-0.2, -0.15) is 5.92 Å². The molecule has 0 amide bonds. The van der Waals surface area contributed by atoms with Gasteiger partial charge in [-0.15, -0.1) is 0 Å². The van der Waals surface area contributed by atoms with Crippen LogP contribution in [0.2, 0.25) is 0 Å². The first-order valence-corrected chi connectivity index (χ1v) is 5.96. The molecule has 1 radical (unpaired) electrons. The van der Waals surface area contributed by atoms with E-state index in [2.05, 4.69) is 42.6 Å². The van der Waals surface area contributed by atoms with Crippen molar-refractivity contribution >= 4 is 0 Å². The van der Waals surface area contributed by atoms with Crippen LogP contribution >= 0.6 is 0 Å². The van der Waals surface area contributed by atoms with E-state index in [-0.39, 0.29) is 32.7 Å². The first-order valence-electron chi connectivity index (χ1n) is 5.96. The second-order valence-corrected chi connectivity index (χ2v) is 4.52.